The number of carbonyl (C=O) groups is 2. The zero-order valence-electron chi connectivity index (χ0n) is 23.4. The van der Waals surface area contributed by atoms with Crippen molar-refractivity contribution in [2.75, 3.05) is 18.4 Å². The van der Waals surface area contributed by atoms with Crippen LogP contribution in [0.3, 0.4) is 0 Å². The highest BCUT2D eigenvalue weighted by Crippen LogP contribution is 2.23. The van der Waals surface area contributed by atoms with Crippen LogP contribution in [0, 0.1) is 0 Å². The van der Waals surface area contributed by atoms with E-state index in [0.717, 1.165) is 37.8 Å². The average Bonchev–Trinajstić information content (AvgIpc) is 2.91. The van der Waals surface area contributed by atoms with Crippen LogP contribution in [-0.4, -0.2) is 30.9 Å². The van der Waals surface area contributed by atoms with Crippen molar-refractivity contribution in [3.05, 3.63) is 28.8 Å². The molecular formula is C31H52ClN3O2. The van der Waals surface area contributed by atoms with Gasteiger partial charge in [-0.1, -0.05) is 121 Å². The van der Waals surface area contributed by atoms with Gasteiger partial charge in [-0.2, -0.15) is 0 Å². The number of halogens is 1. The second-order valence-corrected chi connectivity index (χ2v) is 11.2. The predicted molar refractivity (Wildman–Crippen MR) is 158 cm³/mol. The van der Waals surface area contributed by atoms with Gasteiger partial charge in [0.2, 0.25) is 5.91 Å². The zero-order chi connectivity index (χ0) is 26.6. The molecular weight excluding hydrogens is 482 g/mol. The first-order chi connectivity index (χ1) is 18.1. The maximum atomic E-state index is 12.7. The van der Waals surface area contributed by atoms with Crippen molar-refractivity contribution in [3.8, 4) is 0 Å². The van der Waals surface area contributed by atoms with Crippen molar-refractivity contribution >= 4 is 29.1 Å². The van der Waals surface area contributed by atoms with Crippen LogP contribution in [0.2, 0.25) is 5.02 Å². The van der Waals surface area contributed by atoms with Crippen LogP contribution >= 0.6 is 11.6 Å². The van der Waals surface area contributed by atoms with Gasteiger partial charge < -0.3 is 16.0 Å². The molecule has 2 amide bonds. The number of benzene rings is 1. The molecule has 0 spiro atoms. The number of hydrogen-bond acceptors (Lipinski definition) is 3. The van der Waals surface area contributed by atoms with Gasteiger partial charge in [0.05, 0.1) is 17.1 Å². The van der Waals surface area contributed by atoms with E-state index in [2.05, 4.69) is 22.9 Å². The fourth-order valence-corrected chi connectivity index (χ4v) is 5.31. The Morgan fingerprint density at radius 1 is 0.811 bits per heavy atom. The second-order valence-electron chi connectivity index (χ2n) is 10.8. The van der Waals surface area contributed by atoms with E-state index in [1.54, 1.807) is 18.2 Å². The van der Waals surface area contributed by atoms with Crippen LogP contribution in [0.1, 0.15) is 139 Å². The monoisotopic (exact) mass is 533 g/mol. The van der Waals surface area contributed by atoms with E-state index in [4.69, 9.17) is 11.6 Å². The first-order valence-corrected chi connectivity index (χ1v) is 15.6. The molecule has 3 N–H and O–H groups in total. The van der Waals surface area contributed by atoms with Crippen LogP contribution in [0.4, 0.5) is 5.69 Å². The molecule has 1 saturated carbocycles. The van der Waals surface area contributed by atoms with Crippen molar-refractivity contribution in [2.24, 2.45) is 0 Å². The first kappa shape index (κ1) is 31.5. The summed E-state index contributed by atoms with van der Waals surface area (Å²) in [5.41, 5.74) is 1.19. The molecule has 1 aliphatic rings. The number of hydrogen-bond donors (Lipinski definition) is 3. The van der Waals surface area contributed by atoms with Gasteiger partial charge in [0, 0.05) is 18.3 Å². The topological polar surface area (TPSA) is 70.2 Å². The lowest BCUT2D eigenvalue weighted by Gasteiger charge is -2.23. The minimum absolute atomic E-state index is 0.0298. The summed E-state index contributed by atoms with van der Waals surface area (Å²) >= 11 is 6.28. The lowest BCUT2D eigenvalue weighted by Crippen LogP contribution is -2.36. The Morgan fingerprint density at radius 2 is 1.38 bits per heavy atom. The summed E-state index contributed by atoms with van der Waals surface area (Å²) in [6.07, 6.45) is 24.3. The van der Waals surface area contributed by atoms with Crippen molar-refractivity contribution in [1.82, 2.24) is 10.6 Å². The number of rotatable bonds is 20. The molecule has 0 aromatic heterocycles. The number of carbonyl (C=O) groups excluding carboxylic acids is 2. The molecule has 0 atom stereocenters. The highest BCUT2D eigenvalue weighted by atomic mass is 35.5. The Labute approximate surface area is 231 Å². The molecule has 0 unspecified atom stereocenters. The van der Waals surface area contributed by atoms with E-state index in [-0.39, 0.29) is 24.4 Å². The third-order valence-electron chi connectivity index (χ3n) is 7.46. The summed E-state index contributed by atoms with van der Waals surface area (Å²) < 4.78 is 0. The van der Waals surface area contributed by atoms with E-state index in [1.165, 1.54) is 89.9 Å². The highest BCUT2D eigenvalue weighted by molar-refractivity contribution is 6.34. The lowest BCUT2D eigenvalue weighted by atomic mass is 9.95. The quantitative estimate of drug-likeness (QED) is 0.147. The third kappa shape index (κ3) is 14.7. The molecule has 0 bridgehead atoms. The fraction of sp³-hybridized carbons (Fsp3) is 0.742. The molecule has 6 heteroatoms. The normalized spacial score (nSPS) is 13.9. The van der Waals surface area contributed by atoms with Crippen LogP contribution in [0.5, 0.6) is 0 Å². The molecule has 2 rings (SSSR count). The van der Waals surface area contributed by atoms with Crippen LogP contribution in [-0.2, 0) is 4.79 Å². The maximum Gasteiger partial charge on any atom is 0.253 e. The summed E-state index contributed by atoms with van der Waals surface area (Å²) in [5.74, 6) is -0.166. The predicted octanol–water partition coefficient (Wildman–Crippen LogP) is 8.41. The molecule has 1 aromatic rings. The Balaban J connectivity index is 1.48. The van der Waals surface area contributed by atoms with E-state index < -0.39 is 0 Å². The van der Waals surface area contributed by atoms with E-state index in [9.17, 15) is 9.59 Å². The SMILES string of the molecule is CCCCCCCCCCCCCCCCNC(=O)CNc1ccc(Cl)c(C(=O)NC2CCCCC2)c1. The van der Waals surface area contributed by atoms with Crippen LogP contribution in [0.15, 0.2) is 18.2 Å². The summed E-state index contributed by atoms with van der Waals surface area (Å²) in [6, 6.07) is 5.49. The summed E-state index contributed by atoms with van der Waals surface area (Å²) in [4.78, 5) is 24.9. The molecule has 210 valence electrons. The summed E-state index contributed by atoms with van der Waals surface area (Å²) in [6.45, 7) is 3.17. The Kier molecular flexibility index (Phi) is 17.2. The smallest absolute Gasteiger partial charge is 0.253 e. The number of nitrogens with one attached hydrogen (secondary N) is 3. The van der Waals surface area contributed by atoms with Crippen molar-refractivity contribution in [2.45, 2.75) is 135 Å². The molecule has 37 heavy (non-hydrogen) atoms. The van der Waals surface area contributed by atoms with Gasteiger partial charge in [-0.3, -0.25) is 9.59 Å². The van der Waals surface area contributed by atoms with Crippen LogP contribution in [0.25, 0.3) is 0 Å². The molecule has 1 aliphatic carbocycles. The third-order valence-corrected chi connectivity index (χ3v) is 7.79. The van der Waals surface area contributed by atoms with Crippen molar-refractivity contribution < 1.29 is 9.59 Å². The molecule has 0 heterocycles. The van der Waals surface area contributed by atoms with Gasteiger partial charge >= 0.3 is 0 Å². The molecule has 0 radical (unpaired) electrons. The second kappa shape index (κ2) is 20.2. The van der Waals surface area contributed by atoms with Crippen LogP contribution < -0.4 is 16.0 Å². The zero-order valence-corrected chi connectivity index (χ0v) is 24.1. The van der Waals surface area contributed by atoms with E-state index in [1.807, 2.05) is 0 Å². The van der Waals surface area contributed by atoms with Crippen molar-refractivity contribution in [3.63, 3.8) is 0 Å². The van der Waals surface area contributed by atoms with E-state index in [0.29, 0.717) is 17.1 Å². The Hall–Kier alpha value is -1.75. The molecule has 1 aromatic carbocycles. The Bertz CT molecular complexity index is 765. The van der Waals surface area contributed by atoms with Gasteiger partial charge in [0.15, 0.2) is 0 Å². The molecule has 1 fully saturated rings. The number of amides is 2. The minimum Gasteiger partial charge on any atom is -0.376 e. The lowest BCUT2D eigenvalue weighted by molar-refractivity contribution is -0.119. The van der Waals surface area contributed by atoms with Gasteiger partial charge in [-0.05, 0) is 37.5 Å². The summed E-state index contributed by atoms with van der Waals surface area (Å²) in [7, 11) is 0. The van der Waals surface area contributed by atoms with E-state index >= 15 is 0 Å². The molecule has 5 nitrogen and oxygen atoms in total. The van der Waals surface area contributed by atoms with Gasteiger partial charge in [0.25, 0.3) is 5.91 Å². The molecule has 0 saturated heterocycles. The number of unbranched alkanes of at least 4 members (excludes halogenated alkanes) is 13. The minimum atomic E-state index is -0.136. The van der Waals surface area contributed by atoms with Gasteiger partial charge in [0.1, 0.15) is 0 Å². The number of anilines is 1. The standard InChI is InChI=1S/C31H52ClN3O2/c1-2-3-4-5-6-7-8-9-10-11-12-13-14-18-23-33-30(36)25-34-27-21-22-29(32)28(24-27)31(37)35-26-19-16-15-17-20-26/h21-22,24,26,34H,2-20,23,25H2,1H3,(H,33,36)(H,35,37). The summed E-state index contributed by atoms with van der Waals surface area (Å²) in [5, 5.41) is 9.66. The highest BCUT2D eigenvalue weighted by Gasteiger charge is 2.18. The molecule has 0 aliphatic heterocycles. The fourth-order valence-electron chi connectivity index (χ4n) is 5.11. The van der Waals surface area contributed by atoms with Crippen molar-refractivity contribution in [1.29, 1.82) is 0 Å². The average molecular weight is 534 g/mol. The van der Waals surface area contributed by atoms with Gasteiger partial charge in [-0.25, -0.2) is 0 Å². The van der Waals surface area contributed by atoms with Gasteiger partial charge in [-0.15, -0.1) is 0 Å². The first-order valence-electron chi connectivity index (χ1n) is 15.2. The largest absolute Gasteiger partial charge is 0.376 e. The maximum absolute atomic E-state index is 12.7. The Morgan fingerprint density at radius 3 is 1.97 bits per heavy atom.